The highest BCUT2D eigenvalue weighted by molar-refractivity contribution is 9.10. The Bertz CT molecular complexity index is 977. The first-order valence-electron chi connectivity index (χ1n) is 9.17. The van der Waals surface area contributed by atoms with Crippen LogP contribution in [0, 0.1) is 5.92 Å². The topological polar surface area (TPSA) is 38.1 Å². The summed E-state index contributed by atoms with van der Waals surface area (Å²) in [6.45, 7) is 4.36. The minimum Gasteiger partial charge on any atom is -0.295 e. The molecule has 0 N–H and O–H groups in total. The van der Waals surface area contributed by atoms with E-state index in [-0.39, 0.29) is 11.9 Å². The van der Waals surface area contributed by atoms with Gasteiger partial charge < -0.3 is 0 Å². The third-order valence-corrected chi connectivity index (χ3v) is 5.46. The molecule has 0 saturated carbocycles. The molecule has 3 aromatic rings. The van der Waals surface area contributed by atoms with Crippen molar-refractivity contribution in [1.29, 1.82) is 0 Å². The Morgan fingerprint density at radius 3 is 2.37 bits per heavy atom. The van der Waals surface area contributed by atoms with E-state index in [0.29, 0.717) is 11.6 Å². The summed E-state index contributed by atoms with van der Waals surface area (Å²) in [7, 11) is 1.87. The number of carbonyl (C=O) groups excluding carboxylic acids is 1. The Hall–Kier alpha value is -2.40. The SMILES string of the molecule is CC(C)Cc1nn(C)c2c1C(c1ccc(Br)cc1)N(c1ccccc1)C2=O. The summed E-state index contributed by atoms with van der Waals surface area (Å²) >= 11 is 3.51. The summed E-state index contributed by atoms with van der Waals surface area (Å²) in [5, 5.41) is 4.70. The number of nitrogens with zero attached hydrogens (tertiary/aromatic N) is 3. The van der Waals surface area contributed by atoms with Gasteiger partial charge in [-0.05, 0) is 42.2 Å². The van der Waals surface area contributed by atoms with Gasteiger partial charge in [-0.25, -0.2) is 0 Å². The van der Waals surface area contributed by atoms with Gasteiger partial charge in [-0.1, -0.05) is 60.1 Å². The van der Waals surface area contributed by atoms with Gasteiger partial charge in [0.15, 0.2) is 0 Å². The van der Waals surface area contributed by atoms with Crippen LogP contribution in [0.2, 0.25) is 0 Å². The summed E-state index contributed by atoms with van der Waals surface area (Å²) < 4.78 is 2.78. The molecule has 0 radical (unpaired) electrons. The zero-order chi connectivity index (χ0) is 19.1. The maximum Gasteiger partial charge on any atom is 0.277 e. The zero-order valence-corrected chi connectivity index (χ0v) is 17.3. The van der Waals surface area contributed by atoms with E-state index in [1.807, 2.05) is 54.4 Å². The highest BCUT2D eigenvalue weighted by Gasteiger charge is 2.43. The summed E-state index contributed by atoms with van der Waals surface area (Å²) in [4.78, 5) is 15.3. The Morgan fingerprint density at radius 1 is 1.07 bits per heavy atom. The molecule has 27 heavy (non-hydrogen) atoms. The number of amides is 1. The highest BCUT2D eigenvalue weighted by Crippen LogP contribution is 2.43. The number of anilines is 1. The van der Waals surface area contributed by atoms with Gasteiger partial charge in [0.1, 0.15) is 5.69 Å². The molecule has 1 aromatic heterocycles. The number of fused-ring (bicyclic) bond motifs is 1. The quantitative estimate of drug-likeness (QED) is 0.583. The van der Waals surface area contributed by atoms with Crippen LogP contribution in [0.4, 0.5) is 5.69 Å². The summed E-state index contributed by atoms with van der Waals surface area (Å²) in [5.41, 5.74) is 4.75. The molecule has 2 aromatic carbocycles. The molecule has 1 aliphatic rings. The number of benzene rings is 2. The van der Waals surface area contributed by atoms with Crippen molar-refractivity contribution in [3.05, 3.63) is 81.6 Å². The second-order valence-corrected chi connectivity index (χ2v) is 8.31. The molecule has 1 aliphatic heterocycles. The molecular formula is C22H22BrN3O. The largest absolute Gasteiger partial charge is 0.295 e. The van der Waals surface area contributed by atoms with Gasteiger partial charge >= 0.3 is 0 Å². The van der Waals surface area contributed by atoms with Crippen molar-refractivity contribution < 1.29 is 4.79 Å². The van der Waals surface area contributed by atoms with E-state index >= 15 is 0 Å². The van der Waals surface area contributed by atoms with Crippen molar-refractivity contribution in [2.75, 3.05) is 4.90 Å². The monoisotopic (exact) mass is 423 g/mol. The third-order valence-electron chi connectivity index (χ3n) is 4.94. The van der Waals surface area contributed by atoms with E-state index in [4.69, 9.17) is 5.10 Å². The number of hydrogen-bond acceptors (Lipinski definition) is 2. The van der Waals surface area contributed by atoms with E-state index < -0.39 is 0 Å². The molecule has 5 heteroatoms. The Kier molecular flexibility index (Phi) is 4.64. The number of aryl methyl sites for hydroxylation is 1. The molecule has 0 spiro atoms. The van der Waals surface area contributed by atoms with Crippen molar-refractivity contribution in [3.63, 3.8) is 0 Å². The van der Waals surface area contributed by atoms with Crippen LogP contribution >= 0.6 is 15.9 Å². The molecule has 138 valence electrons. The first-order valence-corrected chi connectivity index (χ1v) is 9.96. The number of rotatable bonds is 4. The number of hydrogen-bond donors (Lipinski definition) is 0. The van der Waals surface area contributed by atoms with E-state index in [1.165, 1.54) is 0 Å². The summed E-state index contributed by atoms with van der Waals surface area (Å²) in [5.74, 6) is 0.476. The molecule has 0 fully saturated rings. The maximum absolute atomic E-state index is 13.4. The molecule has 0 aliphatic carbocycles. The van der Waals surface area contributed by atoms with E-state index in [0.717, 1.165) is 33.4 Å². The van der Waals surface area contributed by atoms with Gasteiger partial charge in [0.2, 0.25) is 0 Å². The number of carbonyl (C=O) groups is 1. The Morgan fingerprint density at radius 2 is 1.74 bits per heavy atom. The molecule has 1 unspecified atom stereocenters. The van der Waals surface area contributed by atoms with Crippen molar-refractivity contribution in [2.24, 2.45) is 13.0 Å². The highest BCUT2D eigenvalue weighted by atomic mass is 79.9. The molecule has 0 bridgehead atoms. The fourth-order valence-electron chi connectivity index (χ4n) is 3.85. The third kappa shape index (κ3) is 3.10. The molecule has 0 saturated heterocycles. The average Bonchev–Trinajstić information content (AvgIpc) is 3.12. The average molecular weight is 424 g/mol. The molecule has 4 rings (SSSR count). The molecule has 1 amide bonds. The van der Waals surface area contributed by atoms with Crippen LogP contribution in [-0.4, -0.2) is 15.7 Å². The van der Waals surface area contributed by atoms with Crippen LogP contribution in [0.5, 0.6) is 0 Å². The summed E-state index contributed by atoms with van der Waals surface area (Å²) in [6, 6.07) is 17.9. The van der Waals surface area contributed by atoms with Crippen LogP contribution in [0.3, 0.4) is 0 Å². The number of halogens is 1. The zero-order valence-electron chi connectivity index (χ0n) is 15.7. The van der Waals surface area contributed by atoms with Crippen LogP contribution in [-0.2, 0) is 13.5 Å². The fraction of sp³-hybridized carbons (Fsp3) is 0.273. The van der Waals surface area contributed by atoms with Crippen LogP contribution < -0.4 is 4.90 Å². The minimum atomic E-state index is -0.162. The normalized spacial score (nSPS) is 16.3. The van der Waals surface area contributed by atoms with Crippen molar-refractivity contribution in [3.8, 4) is 0 Å². The predicted octanol–water partition coefficient (Wildman–Crippen LogP) is 5.13. The van der Waals surface area contributed by atoms with Crippen LogP contribution in [0.25, 0.3) is 0 Å². The van der Waals surface area contributed by atoms with E-state index in [9.17, 15) is 4.79 Å². The number of aromatic nitrogens is 2. The lowest BCUT2D eigenvalue weighted by atomic mass is 9.95. The van der Waals surface area contributed by atoms with Gasteiger partial charge in [-0.3, -0.25) is 14.4 Å². The molecular weight excluding hydrogens is 402 g/mol. The van der Waals surface area contributed by atoms with Gasteiger partial charge in [0, 0.05) is 22.8 Å². The van der Waals surface area contributed by atoms with Crippen molar-refractivity contribution >= 4 is 27.5 Å². The smallest absolute Gasteiger partial charge is 0.277 e. The van der Waals surface area contributed by atoms with Crippen LogP contribution in [0.1, 0.15) is 47.2 Å². The number of para-hydroxylation sites is 1. The second kappa shape index (κ2) is 6.97. The maximum atomic E-state index is 13.4. The lowest BCUT2D eigenvalue weighted by Crippen LogP contribution is -2.30. The lowest BCUT2D eigenvalue weighted by molar-refractivity contribution is 0.0985. The Labute approximate surface area is 167 Å². The first kappa shape index (κ1) is 18.0. The van der Waals surface area contributed by atoms with E-state index in [1.54, 1.807) is 4.68 Å². The van der Waals surface area contributed by atoms with Gasteiger partial charge in [0.05, 0.1) is 11.7 Å². The van der Waals surface area contributed by atoms with Crippen molar-refractivity contribution in [2.45, 2.75) is 26.3 Å². The molecule has 2 heterocycles. The molecule has 4 nitrogen and oxygen atoms in total. The second-order valence-electron chi connectivity index (χ2n) is 7.40. The van der Waals surface area contributed by atoms with Gasteiger partial charge in [0.25, 0.3) is 5.91 Å². The van der Waals surface area contributed by atoms with E-state index in [2.05, 4.69) is 41.9 Å². The minimum absolute atomic E-state index is 0.00845. The Balaban J connectivity index is 1.93. The summed E-state index contributed by atoms with van der Waals surface area (Å²) in [6.07, 6.45) is 0.853. The molecule has 1 atom stereocenters. The lowest BCUT2D eigenvalue weighted by Gasteiger charge is -2.26. The first-order chi connectivity index (χ1) is 13.0. The standard InChI is InChI=1S/C22H22BrN3O/c1-14(2)13-18-19-20(15-9-11-16(23)12-10-15)26(17-7-5-4-6-8-17)22(27)21(19)25(3)24-18/h4-12,14,20H,13H2,1-3H3. The fourth-order valence-corrected chi connectivity index (χ4v) is 4.11. The van der Waals surface area contributed by atoms with Crippen LogP contribution in [0.15, 0.2) is 59.1 Å². The van der Waals surface area contributed by atoms with Gasteiger partial charge in [-0.15, -0.1) is 0 Å². The van der Waals surface area contributed by atoms with Crippen molar-refractivity contribution in [1.82, 2.24) is 9.78 Å². The van der Waals surface area contributed by atoms with Gasteiger partial charge in [-0.2, -0.15) is 5.10 Å². The predicted molar refractivity (Wildman–Crippen MR) is 111 cm³/mol.